The molecule has 1 atom stereocenters. The van der Waals surface area contributed by atoms with Gasteiger partial charge in [-0.05, 0) is 20.8 Å². The monoisotopic (exact) mass is 254 g/mol. The van der Waals surface area contributed by atoms with Crippen LogP contribution in [0.4, 0.5) is 0 Å². The van der Waals surface area contributed by atoms with Gasteiger partial charge in [0, 0.05) is 6.42 Å². The Morgan fingerprint density at radius 1 is 1.39 bits per heavy atom. The molecule has 6 heteroatoms. The first-order chi connectivity index (χ1) is 8.59. The molecule has 1 N–H and O–H groups in total. The zero-order chi connectivity index (χ0) is 13.6. The van der Waals surface area contributed by atoms with Crippen molar-refractivity contribution < 1.29 is 19.1 Å². The molecule has 6 nitrogen and oxygen atoms in total. The quantitative estimate of drug-likeness (QED) is 0.579. The molecule has 0 aromatic rings. The minimum absolute atomic E-state index is 0.134. The third kappa shape index (κ3) is 2.88. The van der Waals surface area contributed by atoms with E-state index in [9.17, 15) is 9.59 Å². The molecule has 0 aliphatic carbocycles. The number of hydrogen-bond acceptors (Lipinski definition) is 6. The molecule has 0 bridgehead atoms. The molecule has 18 heavy (non-hydrogen) atoms. The van der Waals surface area contributed by atoms with Crippen LogP contribution in [-0.2, 0) is 19.1 Å². The SMILES string of the molecule is C/C=C/C1(C(=O)OCC)CC(C(=O)OCC)=NN1. The molecule has 1 aliphatic rings. The standard InChI is InChI=1S/C12H18N2O4/c1-4-7-12(11(16)18-6-3)8-9(13-14-12)10(15)17-5-2/h4,7,14H,5-6,8H2,1-3H3/b7-4+. The summed E-state index contributed by atoms with van der Waals surface area (Å²) < 4.78 is 9.84. The lowest BCUT2D eigenvalue weighted by Crippen LogP contribution is -2.47. The van der Waals surface area contributed by atoms with Crippen LogP contribution in [-0.4, -0.2) is 36.4 Å². The number of hydrogen-bond donors (Lipinski definition) is 1. The van der Waals surface area contributed by atoms with Crippen LogP contribution in [0.5, 0.6) is 0 Å². The van der Waals surface area contributed by atoms with Crippen molar-refractivity contribution in [2.75, 3.05) is 13.2 Å². The van der Waals surface area contributed by atoms with Gasteiger partial charge >= 0.3 is 11.9 Å². The number of ether oxygens (including phenoxy) is 2. The average molecular weight is 254 g/mol. The lowest BCUT2D eigenvalue weighted by atomic mass is 9.94. The summed E-state index contributed by atoms with van der Waals surface area (Å²) in [5.41, 5.74) is 1.78. The van der Waals surface area contributed by atoms with Crippen molar-refractivity contribution in [3.63, 3.8) is 0 Å². The van der Waals surface area contributed by atoms with Gasteiger partial charge in [-0.2, -0.15) is 5.10 Å². The predicted molar refractivity (Wildman–Crippen MR) is 66.0 cm³/mol. The van der Waals surface area contributed by atoms with Gasteiger partial charge in [0.05, 0.1) is 13.2 Å². The second kappa shape index (κ2) is 6.18. The lowest BCUT2D eigenvalue weighted by molar-refractivity contribution is -0.148. The second-order valence-corrected chi connectivity index (χ2v) is 3.76. The largest absolute Gasteiger partial charge is 0.464 e. The highest BCUT2D eigenvalue weighted by Crippen LogP contribution is 2.22. The number of nitrogens with one attached hydrogen (secondary N) is 1. The highest BCUT2D eigenvalue weighted by molar-refractivity contribution is 6.37. The van der Waals surface area contributed by atoms with E-state index in [1.165, 1.54) is 0 Å². The van der Waals surface area contributed by atoms with Crippen LogP contribution in [0.3, 0.4) is 0 Å². The maximum atomic E-state index is 11.9. The number of nitrogens with zero attached hydrogens (tertiary/aromatic N) is 1. The third-order valence-corrected chi connectivity index (χ3v) is 2.44. The average Bonchev–Trinajstić information content (AvgIpc) is 2.76. The molecule has 0 saturated carbocycles. The fraction of sp³-hybridized carbons (Fsp3) is 0.583. The summed E-state index contributed by atoms with van der Waals surface area (Å²) in [6.45, 7) is 5.77. The molecule has 0 spiro atoms. The molecule has 100 valence electrons. The Labute approximate surface area is 106 Å². The summed E-state index contributed by atoms with van der Waals surface area (Å²) in [5.74, 6) is -0.966. The Kier molecular flexibility index (Phi) is 4.88. The number of allylic oxidation sites excluding steroid dienone is 1. The van der Waals surface area contributed by atoms with E-state index in [2.05, 4.69) is 10.5 Å². The van der Waals surface area contributed by atoms with Gasteiger partial charge in [0.25, 0.3) is 0 Å². The molecule has 1 rings (SSSR count). The Morgan fingerprint density at radius 2 is 2.06 bits per heavy atom. The first kappa shape index (κ1) is 14.2. The molecule has 0 aromatic carbocycles. The summed E-state index contributed by atoms with van der Waals surface area (Å²) in [7, 11) is 0. The van der Waals surface area contributed by atoms with E-state index in [1.54, 1.807) is 32.9 Å². The van der Waals surface area contributed by atoms with E-state index in [0.29, 0.717) is 0 Å². The van der Waals surface area contributed by atoms with E-state index < -0.39 is 17.5 Å². The van der Waals surface area contributed by atoms with Crippen molar-refractivity contribution in [3.05, 3.63) is 12.2 Å². The number of hydrazone groups is 1. The van der Waals surface area contributed by atoms with Crippen LogP contribution in [0.15, 0.2) is 17.3 Å². The van der Waals surface area contributed by atoms with Gasteiger partial charge in [0.1, 0.15) is 5.71 Å². The summed E-state index contributed by atoms with van der Waals surface area (Å²) in [5, 5.41) is 3.87. The summed E-state index contributed by atoms with van der Waals surface area (Å²) >= 11 is 0. The molecule has 0 radical (unpaired) electrons. The molecule has 0 fully saturated rings. The van der Waals surface area contributed by atoms with Crippen molar-refractivity contribution in [1.82, 2.24) is 5.43 Å². The van der Waals surface area contributed by atoms with Crippen LogP contribution in [0.1, 0.15) is 27.2 Å². The Balaban J connectivity index is 2.82. The maximum absolute atomic E-state index is 11.9. The summed E-state index contributed by atoms with van der Waals surface area (Å²) in [4.78, 5) is 23.5. The Bertz CT molecular complexity index is 390. The topological polar surface area (TPSA) is 77.0 Å². The molecule has 1 unspecified atom stereocenters. The highest BCUT2D eigenvalue weighted by Gasteiger charge is 2.44. The first-order valence-corrected chi connectivity index (χ1v) is 5.91. The van der Waals surface area contributed by atoms with Crippen LogP contribution in [0.25, 0.3) is 0 Å². The lowest BCUT2D eigenvalue weighted by Gasteiger charge is -2.22. The third-order valence-electron chi connectivity index (χ3n) is 2.44. The zero-order valence-corrected chi connectivity index (χ0v) is 10.9. The van der Waals surface area contributed by atoms with Crippen molar-refractivity contribution in [3.8, 4) is 0 Å². The molecular formula is C12H18N2O4. The number of rotatable bonds is 5. The van der Waals surface area contributed by atoms with Crippen LogP contribution in [0.2, 0.25) is 0 Å². The van der Waals surface area contributed by atoms with E-state index >= 15 is 0 Å². The van der Waals surface area contributed by atoms with Crippen molar-refractivity contribution in [1.29, 1.82) is 0 Å². The minimum Gasteiger partial charge on any atom is -0.464 e. The molecule has 0 saturated heterocycles. The predicted octanol–water partition coefficient (Wildman–Crippen LogP) is 0.777. The molecule has 0 aromatic heterocycles. The van der Waals surface area contributed by atoms with Crippen molar-refractivity contribution >= 4 is 17.7 Å². The highest BCUT2D eigenvalue weighted by atomic mass is 16.5. The molecule has 0 amide bonds. The van der Waals surface area contributed by atoms with Gasteiger partial charge in [-0.25, -0.2) is 9.59 Å². The van der Waals surface area contributed by atoms with E-state index in [1.807, 2.05) is 0 Å². The zero-order valence-electron chi connectivity index (χ0n) is 10.9. The van der Waals surface area contributed by atoms with Gasteiger partial charge in [0.2, 0.25) is 0 Å². The van der Waals surface area contributed by atoms with Crippen molar-refractivity contribution in [2.24, 2.45) is 5.10 Å². The maximum Gasteiger partial charge on any atom is 0.354 e. The van der Waals surface area contributed by atoms with Crippen molar-refractivity contribution in [2.45, 2.75) is 32.7 Å². The number of esters is 2. The molecule has 1 heterocycles. The van der Waals surface area contributed by atoms with E-state index in [0.717, 1.165) is 0 Å². The van der Waals surface area contributed by atoms with Gasteiger partial charge in [-0.3, -0.25) is 5.43 Å². The van der Waals surface area contributed by atoms with E-state index in [-0.39, 0.29) is 25.3 Å². The smallest absolute Gasteiger partial charge is 0.354 e. The fourth-order valence-corrected chi connectivity index (χ4v) is 1.67. The number of carbonyl (C=O) groups is 2. The van der Waals surface area contributed by atoms with Gasteiger partial charge in [-0.15, -0.1) is 0 Å². The fourth-order valence-electron chi connectivity index (χ4n) is 1.67. The Morgan fingerprint density at radius 3 is 2.61 bits per heavy atom. The van der Waals surface area contributed by atoms with Crippen LogP contribution < -0.4 is 5.43 Å². The summed E-state index contributed by atoms with van der Waals surface area (Å²) in [6, 6.07) is 0. The van der Waals surface area contributed by atoms with Crippen LogP contribution in [0, 0.1) is 0 Å². The van der Waals surface area contributed by atoms with Gasteiger partial charge < -0.3 is 9.47 Å². The number of carbonyl (C=O) groups excluding carboxylic acids is 2. The van der Waals surface area contributed by atoms with Crippen LogP contribution >= 0.6 is 0 Å². The van der Waals surface area contributed by atoms with Gasteiger partial charge in [-0.1, -0.05) is 12.2 Å². The van der Waals surface area contributed by atoms with Gasteiger partial charge in [0.15, 0.2) is 5.54 Å². The Hall–Kier alpha value is -1.85. The summed E-state index contributed by atoms with van der Waals surface area (Å²) in [6.07, 6.45) is 3.49. The normalized spacial score (nSPS) is 22.5. The first-order valence-electron chi connectivity index (χ1n) is 5.91. The van der Waals surface area contributed by atoms with E-state index in [4.69, 9.17) is 9.47 Å². The molecular weight excluding hydrogens is 236 g/mol. The minimum atomic E-state index is -1.09. The molecule has 1 aliphatic heterocycles. The second-order valence-electron chi connectivity index (χ2n) is 3.76.